The van der Waals surface area contributed by atoms with Gasteiger partial charge in [-0.25, -0.2) is 4.98 Å². The van der Waals surface area contributed by atoms with E-state index in [1.165, 1.54) is 6.20 Å². The second kappa shape index (κ2) is 2.87. The number of pyridine rings is 1. The number of nitrogens with zero attached hydrogens (tertiary/aromatic N) is 2. The highest BCUT2D eigenvalue weighted by Gasteiger charge is 2.12. The van der Waals surface area contributed by atoms with Crippen LogP contribution in [-0.2, 0) is 7.05 Å². The largest absolute Gasteiger partial charge is 0.490 e. The van der Waals surface area contributed by atoms with Crippen LogP contribution in [0.5, 0.6) is 0 Å². The Morgan fingerprint density at radius 3 is 2.92 bits per heavy atom. The third-order valence-electron chi connectivity index (χ3n) is 2.03. The van der Waals surface area contributed by atoms with E-state index in [2.05, 4.69) is 4.98 Å². The first-order valence-electron chi connectivity index (χ1n) is 3.95. The third-order valence-corrected chi connectivity index (χ3v) is 2.03. The Morgan fingerprint density at radius 1 is 1.46 bits per heavy atom. The Bertz CT molecular complexity index is 439. The van der Waals surface area contributed by atoms with E-state index in [1.807, 2.05) is 23.9 Å². The Morgan fingerprint density at radius 2 is 2.23 bits per heavy atom. The van der Waals surface area contributed by atoms with Gasteiger partial charge in [-0.05, 0) is 12.1 Å². The summed E-state index contributed by atoms with van der Waals surface area (Å²) >= 11 is 0. The molecule has 0 bridgehead atoms. The molecule has 0 aliphatic carbocycles. The molecular weight excluding hydrogens is 167 g/mol. The maximum atomic E-state index is 8.90. The Hall–Kier alpha value is -1.33. The lowest BCUT2D eigenvalue weighted by molar-refractivity contribution is 0.425. The van der Waals surface area contributed by atoms with Gasteiger partial charge in [0.1, 0.15) is 5.65 Å². The van der Waals surface area contributed by atoms with Crippen LogP contribution in [0.15, 0.2) is 24.5 Å². The fourth-order valence-electron chi connectivity index (χ4n) is 1.31. The quantitative estimate of drug-likeness (QED) is 0.562. The van der Waals surface area contributed by atoms with Gasteiger partial charge < -0.3 is 14.6 Å². The summed E-state index contributed by atoms with van der Waals surface area (Å²) in [6.07, 6.45) is 3.35. The molecular formula is C8H9BN2O2. The molecule has 2 rings (SSSR count). The van der Waals surface area contributed by atoms with Crippen molar-refractivity contribution in [2.45, 2.75) is 0 Å². The predicted octanol–water partition coefficient (Wildman–Crippen LogP) is -0.747. The average Bonchev–Trinajstić information content (AvgIpc) is 2.47. The van der Waals surface area contributed by atoms with Crippen LogP contribution < -0.4 is 5.46 Å². The number of rotatable bonds is 1. The lowest BCUT2D eigenvalue weighted by Gasteiger charge is -1.99. The highest BCUT2D eigenvalue weighted by atomic mass is 16.4. The van der Waals surface area contributed by atoms with E-state index >= 15 is 0 Å². The molecule has 0 aromatic carbocycles. The van der Waals surface area contributed by atoms with Gasteiger partial charge in [-0.1, -0.05) is 0 Å². The number of fused-ring (bicyclic) bond motifs is 1. The molecule has 0 saturated carbocycles. The van der Waals surface area contributed by atoms with Gasteiger partial charge in [-0.3, -0.25) is 0 Å². The first-order valence-corrected chi connectivity index (χ1v) is 3.95. The fourth-order valence-corrected chi connectivity index (χ4v) is 1.31. The van der Waals surface area contributed by atoms with E-state index in [4.69, 9.17) is 10.0 Å². The highest BCUT2D eigenvalue weighted by Crippen LogP contribution is 2.09. The maximum absolute atomic E-state index is 8.90. The van der Waals surface area contributed by atoms with Gasteiger partial charge in [-0.2, -0.15) is 0 Å². The zero-order chi connectivity index (χ0) is 9.42. The molecule has 4 nitrogen and oxygen atoms in total. The van der Waals surface area contributed by atoms with Gasteiger partial charge >= 0.3 is 7.12 Å². The summed E-state index contributed by atoms with van der Waals surface area (Å²) in [6.45, 7) is 0. The highest BCUT2D eigenvalue weighted by molar-refractivity contribution is 6.58. The second-order valence-electron chi connectivity index (χ2n) is 2.98. The molecule has 13 heavy (non-hydrogen) atoms. The van der Waals surface area contributed by atoms with Crippen molar-refractivity contribution < 1.29 is 10.0 Å². The molecule has 0 radical (unpaired) electrons. The topological polar surface area (TPSA) is 58.3 Å². The zero-order valence-corrected chi connectivity index (χ0v) is 7.18. The Kier molecular flexibility index (Phi) is 1.83. The van der Waals surface area contributed by atoms with Crippen molar-refractivity contribution in [1.29, 1.82) is 0 Å². The summed E-state index contributed by atoms with van der Waals surface area (Å²) in [4.78, 5) is 4.10. The van der Waals surface area contributed by atoms with Crippen LogP contribution in [0.2, 0.25) is 0 Å². The minimum Gasteiger partial charge on any atom is -0.423 e. The van der Waals surface area contributed by atoms with Gasteiger partial charge in [0.05, 0.1) is 0 Å². The Labute approximate surface area is 75.6 Å². The molecule has 0 unspecified atom stereocenters. The Balaban J connectivity index is 2.63. The van der Waals surface area contributed by atoms with Crippen molar-refractivity contribution >= 4 is 23.6 Å². The monoisotopic (exact) mass is 176 g/mol. The first-order chi connectivity index (χ1) is 6.18. The fraction of sp³-hybridized carbons (Fsp3) is 0.125. The summed E-state index contributed by atoms with van der Waals surface area (Å²) in [5.74, 6) is 0. The van der Waals surface area contributed by atoms with Crippen molar-refractivity contribution in [3.8, 4) is 0 Å². The summed E-state index contributed by atoms with van der Waals surface area (Å²) in [5.41, 5.74) is 1.25. The van der Waals surface area contributed by atoms with E-state index < -0.39 is 7.12 Å². The normalized spacial score (nSPS) is 10.7. The van der Waals surface area contributed by atoms with Crippen molar-refractivity contribution in [1.82, 2.24) is 9.55 Å². The van der Waals surface area contributed by atoms with Gasteiger partial charge in [-0.15, -0.1) is 0 Å². The molecule has 0 aliphatic heterocycles. The average molecular weight is 176 g/mol. The first kappa shape index (κ1) is 8.28. The molecule has 0 aliphatic rings. The molecule has 0 fully saturated rings. The molecule has 0 amide bonds. The van der Waals surface area contributed by atoms with E-state index in [9.17, 15) is 0 Å². The number of hydrogen-bond donors (Lipinski definition) is 2. The smallest absolute Gasteiger partial charge is 0.423 e. The van der Waals surface area contributed by atoms with Gasteiger partial charge in [0.15, 0.2) is 0 Å². The standard InChI is InChI=1S/C8H9BN2O2/c1-11-3-2-6-4-7(9(12)13)5-10-8(6)11/h2-5,12-13H,1H3. The van der Waals surface area contributed by atoms with Gasteiger partial charge in [0.2, 0.25) is 0 Å². The van der Waals surface area contributed by atoms with Crippen molar-refractivity contribution in [3.63, 3.8) is 0 Å². The van der Waals surface area contributed by atoms with Crippen molar-refractivity contribution in [2.24, 2.45) is 7.05 Å². The summed E-state index contributed by atoms with van der Waals surface area (Å²) in [5, 5.41) is 18.7. The maximum Gasteiger partial charge on any atom is 0.490 e. The molecule has 2 N–H and O–H groups in total. The zero-order valence-electron chi connectivity index (χ0n) is 7.18. The SMILES string of the molecule is Cn1ccc2cc(B(O)O)cnc21. The van der Waals surface area contributed by atoms with Crippen LogP contribution in [0, 0.1) is 0 Å². The van der Waals surface area contributed by atoms with Crippen molar-refractivity contribution in [2.75, 3.05) is 0 Å². The minimum absolute atomic E-state index is 0.415. The van der Waals surface area contributed by atoms with Gasteiger partial charge in [0, 0.05) is 30.3 Å². The van der Waals surface area contributed by atoms with Crippen LogP contribution in [0.25, 0.3) is 11.0 Å². The minimum atomic E-state index is -1.45. The van der Waals surface area contributed by atoms with E-state index in [0.29, 0.717) is 5.46 Å². The van der Waals surface area contributed by atoms with Crippen LogP contribution in [0.1, 0.15) is 0 Å². The van der Waals surface area contributed by atoms with E-state index in [1.54, 1.807) is 6.07 Å². The van der Waals surface area contributed by atoms with E-state index in [0.717, 1.165) is 11.0 Å². The third kappa shape index (κ3) is 1.32. The van der Waals surface area contributed by atoms with E-state index in [-0.39, 0.29) is 0 Å². The molecule has 0 atom stereocenters. The lowest BCUT2D eigenvalue weighted by atomic mass is 9.81. The molecule has 2 heterocycles. The molecule has 66 valence electrons. The molecule has 2 aromatic heterocycles. The van der Waals surface area contributed by atoms with Crippen LogP contribution in [-0.4, -0.2) is 26.7 Å². The molecule has 0 saturated heterocycles. The summed E-state index contributed by atoms with van der Waals surface area (Å²) in [6, 6.07) is 3.60. The molecule has 0 spiro atoms. The number of aromatic nitrogens is 2. The van der Waals surface area contributed by atoms with Crippen molar-refractivity contribution in [3.05, 3.63) is 24.5 Å². The van der Waals surface area contributed by atoms with Gasteiger partial charge in [0.25, 0.3) is 0 Å². The lowest BCUT2D eigenvalue weighted by Crippen LogP contribution is -2.29. The van der Waals surface area contributed by atoms with Crippen LogP contribution in [0.4, 0.5) is 0 Å². The van der Waals surface area contributed by atoms with Crippen LogP contribution in [0.3, 0.4) is 0 Å². The summed E-state index contributed by atoms with van der Waals surface area (Å²) < 4.78 is 1.88. The second-order valence-corrected chi connectivity index (χ2v) is 2.98. The molecule has 2 aromatic rings. The number of aryl methyl sites for hydroxylation is 1. The number of hydrogen-bond acceptors (Lipinski definition) is 3. The predicted molar refractivity (Wildman–Crippen MR) is 50.5 cm³/mol. The van der Waals surface area contributed by atoms with Crippen LogP contribution >= 0.6 is 0 Å². The molecule has 5 heteroatoms. The summed E-state index contributed by atoms with van der Waals surface area (Å²) in [7, 11) is 0.446.